The molecule has 2 rings (SSSR count). The molecule has 0 spiro atoms. The Labute approximate surface area is 155 Å². The summed E-state index contributed by atoms with van der Waals surface area (Å²) in [6, 6.07) is 10.8. The van der Waals surface area contributed by atoms with Gasteiger partial charge in [-0.1, -0.05) is 49.5 Å². The number of nitrogens with one attached hydrogen (secondary N) is 1. The Balaban J connectivity index is 2.17. The van der Waals surface area contributed by atoms with Crippen LogP contribution in [0.5, 0.6) is 0 Å². The second kappa shape index (κ2) is 7.95. The molecule has 0 fully saturated rings. The van der Waals surface area contributed by atoms with Gasteiger partial charge in [-0.15, -0.1) is 0 Å². The fraction of sp³-hybridized carbons (Fsp3) is 0.125. The van der Waals surface area contributed by atoms with Crippen LogP contribution in [0, 0.1) is 0 Å². The van der Waals surface area contributed by atoms with E-state index in [-0.39, 0.29) is 6.42 Å². The molecule has 0 aliphatic carbocycles. The van der Waals surface area contributed by atoms with Gasteiger partial charge in [0.2, 0.25) is 0 Å². The number of carboxylic acid groups (broad SMARTS) is 1. The van der Waals surface area contributed by atoms with Gasteiger partial charge in [0.05, 0.1) is 0 Å². The molecular formula is C16H12Br2ClNO3. The zero-order chi connectivity index (χ0) is 17.0. The van der Waals surface area contributed by atoms with Crippen molar-refractivity contribution < 1.29 is 14.7 Å². The number of hydrogen-bond acceptors (Lipinski definition) is 2. The van der Waals surface area contributed by atoms with Crippen molar-refractivity contribution in [3.05, 3.63) is 67.6 Å². The summed E-state index contributed by atoms with van der Waals surface area (Å²) in [5.74, 6) is -1.56. The van der Waals surface area contributed by atoms with E-state index in [4.69, 9.17) is 11.6 Å². The summed E-state index contributed by atoms with van der Waals surface area (Å²) in [7, 11) is 0. The van der Waals surface area contributed by atoms with Crippen molar-refractivity contribution in [2.45, 2.75) is 12.5 Å². The van der Waals surface area contributed by atoms with Gasteiger partial charge in [0, 0.05) is 26.0 Å². The van der Waals surface area contributed by atoms with Crippen molar-refractivity contribution in [3.8, 4) is 0 Å². The fourth-order valence-corrected chi connectivity index (χ4v) is 2.99. The molecule has 0 aromatic heterocycles. The zero-order valence-electron chi connectivity index (χ0n) is 11.7. The van der Waals surface area contributed by atoms with Crippen LogP contribution in [0.3, 0.4) is 0 Å². The van der Waals surface area contributed by atoms with E-state index in [1.165, 1.54) is 0 Å². The molecule has 1 amide bonds. The van der Waals surface area contributed by atoms with Crippen molar-refractivity contribution in [2.24, 2.45) is 0 Å². The lowest BCUT2D eigenvalue weighted by atomic mass is 10.1. The maximum Gasteiger partial charge on any atom is 0.326 e. The predicted octanol–water partition coefficient (Wildman–Crippen LogP) is 4.29. The first-order valence-corrected chi connectivity index (χ1v) is 8.56. The lowest BCUT2D eigenvalue weighted by Crippen LogP contribution is -2.42. The molecule has 1 atom stereocenters. The number of carboxylic acids is 1. The fourth-order valence-electron chi connectivity index (χ4n) is 1.99. The van der Waals surface area contributed by atoms with Crippen molar-refractivity contribution in [3.63, 3.8) is 0 Å². The van der Waals surface area contributed by atoms with Crippen molar-refractivity contribution in [1.82, 2.24) is 5.32 Å². The van der Waals surface area contributed by atoms with Gasteiger partial charge < -0.3 is 10.4 Å². The van der Waals surface area contributed by atoms with E-state index in [0.717, 1.165) is 8.95 Å². The summed E-state index contributed by atoms with van der Waals surface area (Å²) in [6.45, 7) is 0. The second-order valence-corrected chi connectivity index (χ2v) is 7.02. The lowest BCUT2D eigenvalue weighted by molar-refractivity contribution is -0.139. The largest absolute Gasteiger partial charge is 0.480 e. The third-order valence-corrected chi connectivity index (χ3v) is 4.62. The SMILES string of the molecule is O=C(N[C@@H](Cc1cc(Cl)ccc1Br)C(=O)O)c1cccc(Br)c1. The minimum Gasteiger partial charge on any atom is -0.480 e. The van der Waals surface area contributed by atoms with Gasteiger partial charge in [0.25, 0.3) is 5.91 Å². The van der Waals surface area contributed by atoms with Crippen LogP contribution in [0.15, 0.2) is 51.4 Å². The summed E-state index contributed by atoms with van der Waals surface area (Å²) in [5.41, 5.74) is 1.09. The summed E-state index contributed by atoms with van der Waals surface area (Å²) < 4.78 is 1.49. The molecule has 2 aromatic carbocycles. The maximum atomic E-state index is 12.2. The standard InChI is InChI=1S/C16H12Br2ClNO3/c17-11-3-1-2-9(6-11)15(21)20-14(16(22)23)8-10-7-12(19)4-5-13(10)18/h1-7,14H,8H2,(H,20,21)(H,22,23)/t14-/m0/s1. The van der Waals surface area contributed by atoms with Crippen LogP contribution < -0.4 is 5.32 Å². The molecule has 23 heavy (non-hydrogen) atoms. The van der Waals surface area contributed by atoms with Gasteiger partial charge in [-0.2, -0.15) is 0 Å². The number of rotatable bonds is 5. The van der Waals surface area contributed by atoms with E-state index in [9.17, 15) is 14.7 Å². The summed E-state index contributed by atoms with van der Waals surface area (Å²) in [6.07, 6.45) is 0.121. The second-order valence-electron chi connectivity index (χ2n) is 4.81. The maximum absolute atomic E-state index is 12.2. The lowest BCUT2D eigenvalue weighted by Gasteiger charge is -2.16. The highest BCUT2D eigenvalue weighted by Crippen LogP contribution is 2.22. The Morgan fingerprint density at radius 2 is 1.91 bits per heavy atom. The van der Waals surface area contributed by atoms with Gasteiger partial charge in [-0.25, -0.2) is 4.79 Å². The summed E-state index contributed by atoms with van der Waals surface area (Å²) in [4.78, 5) is 23.7. The van der Waals surface area contributed by atoms with Gasteiger partial charge in [0.15, 0.2) is 0 Å². The molecule has 0 radical (unpaired) electrons. The van der Waals surface area contributed by atoms with Crippen LogP contribution in [0.1, 0.15) is 15.9 Å². The van der Waals surface area contributed by atoms with Crippen LogP contribution in [0.25, 0.3) is 0 Å². The van der Waals surface area contributed by atoms with Gasteiger partial charge in [0.1, 0.15) is 6.04 Å². The van der Waals surface area contributed by atoms with E-state index in [2.05, 4.69) is 37.2 Å². The molecule has 7 heteroatoms. The molecule has 0 unspecified atom stereocenters. The molecular weight excluding hydrogens is 449 g/mol. The molecule has 4 nitrogen and oxygen atoms in total. The van der Waals surface area contributed by atoms with Gasteiger partial charge >= 0.3 is 5.97 Å². The Kier molecular flexibility index (Phi) is 6.21. The monoisotopic (exact) mass is 459 g/mol. The molecule has 0 saturated heterocycles. The van der Waals surface area contributed by atoms with Crippen LogP contribution in [0.4, 0.5) is 0 Å². The van der Waals surface area contributed by atoms with Crippen LogP contribution in [0.2, 0.25) is 5.02 Å². The molecule has 2 aromatic rings. The number of halogens is 3. The van der Waals surface area contributed by atoms with E-state index in [0.29, 0.717) is 16.1 Å². The van der Waals surface area contributed by atoms with Crippen molar-refractivity contribution >= 4 is 55.3 Å². The van der Waals surface area contributed by atoms with Gasteiger partial charge in [-0.3, -0.25) is 4.79 Å². The van der Waals surface area contributed by atoms with Crippen LogP contribution in [-0.4, -0.2) is 23.0 Å². The van der Waals surface area contributed by atoms with E-state index >= 15 is 0 Å². The first kappa shape index (κ1) is 18.0. The molecule has 0 aliphatic heterocycles. The minimum atomic E-state index is -1.11. The van der Waals surface area contributed by atoms with E-state index in [1.807, 2.05) is 0 Å². The average molecular weight is 462 g/mol. The molecule has 0 saturated carbocycles. The number of carbonyl (C=O) groups excluding carboxylic acids is 1. The highest BCUT2D eigenvalue weighted by molar-refractivity contribution is 9.10. The highest BCUT2D eigenvalue weighted by atomic mass is 79.9. The zero-order valence-corrected chi connectivity index (χ0v) is 15.7. The quantitative estimate of drug-likeness (QED) is 0.698. The molecule has 2 N–H and O–H groups in total. The highest BCUT2D eigenvalue weighted by Gasteiger charge is 2.22. The minimum absolute atomic E-state index is 0.121. The van der Waals surface area contributed by atoms with Crippen molar-refractivity contribution in [1.29, 1.82) is 0 Å². The number of aliphatic carboxylic acids is 1. The van der Waals surface area contributed by atoms with Crippen LogP contribution in [-0.2, 0) is 11.2 Å². The first-order chi connectivity index (χ1) is 10.9. The Hall–Kier alpha value is -1.37. The molecule has 0 aliphatic rings. The number of hydrogen-bond donors (Lipinski definition) is 2. The Morgan fingerprint density at radius 3 is 2.57 bits per heavy atom. The molecule has 0 heterocycles. The third kappa shape index (κ3) is 5.06. The van der Waals surface area contributed by atoms with E-state index in [1.54, 1.807) is 42.5 Å². The first-order valence-electron chi connectivity index (χ1n) is 6.60. The number of carbonyl (C=O) groups is 2. The normalized spacial score (nSPS) is 11.8. The van der Waals surface area contributed by atoms with Gasteiger partial charge in [-0.05, 0) is 42.0 Å². The summed E-state index contributed by atoms with van der Waals surface area (Å²) in [5, 5.41) is 12.4. The molecule has 120 valence electrons. The van der Waals surface area contributed by atoms with E-state index < -0.39 is 17.9 Å². The Bertz CT molecular complexity index is 752. The predicted molar refractivity (Wildman–Crippen MR) is 95.9 cm³/mol. The Morgan fingerprint density at radius 1 is 1.17 bits per heavy atom. The summed E-state index contributed by atoms with van der Waals surface area (Å²) >= 11 is 12.6. The number of amides is 1. The number of benzene rings is 2. The van der Waals surface area contributed by atoms with Crippen LogP contribution >= 0.6 is 43.5 Å². The van der Waals surface area contributed by atoms with Crippen molar-refractivity contribution in [2.75, 3.05) is 0 Å². The third-order valence-electron chi connectivity index (χ3n) is 3.12. The topological polar surface area (TPSA) is 66.4 Å². The smallest absolute Gasteiger partial charge is 0.326 e. The molecule has 0 bridgehead atoms. The average Bonchev–Trinajstić information content (AvgIpc) is 2.50.